The van der Waals surface area contributed by atoms with Crippen molar-refractivity contribution in [2.24, 2.45) is 7.05 Å². The van der Waals surface area contributed by atoms with Crippen LogP contribution in [-0.4, -0.2) is 28.5 Å². The van der Waals surface area contributed by atoms with Crippen LogP contribution in [0.4, 0.5) is 0 Å². The van der Waals surface area contributed by atoms with Crippen molar-refractivity contribution in [3.63, 3.8) is 0 Å². The molecule has 1 heterocycles. The Morgan fingerprint density at radius 1 is 1.64 bits per heavy atom. The maximum absolute atomic E-state index is 11.6. The van der Waals surface area contributed by atoms with Gasteiger partial charge in [-0.3, -0.25) is 4.79 Å². The zero-order valence-corrected chi connectivity index (χ0v) is 8.69. The summed E-state index contributed by atoms with van der Waals surface area (Å²) in [6, 6.07) is 0. The molecule has 0 fully saturated rings. The summed E-state index contributed by atoms with van der Waals surface area (Å²) in [7, 11) is 1.82. The van der Waals surface area contributed by atoms with Crippen LogP contribution in [0.1, 0.15) is 30.4 Å². The first kappa shape index (κ1) is 10.9. The molecule has 0 N–H and O–H groups in total. The molecule has 0 aromatic carbocycles. The molecule has 0 bridgehead atoms. The minimum absolute atomic E-state index is 0.0807. The van der Waals surface area contributed by atoms with Crippen LogP contribution < -0.4 is 0 Å². The van der Waals surface area contributed by atoms with Crippen molar-refractivity contribution in [2.75, 3.05) is 13.2 Å². The van der Waals surface area contributed by atoms with E-state index >= 15 is 0 Å². The molecule has 0 aliphatic carbocycles. The molecule has 14 heavy (non-hydrogen) atoms. The lowest BCUT2D eigenvalue weighted by Gasteiger charge is -2.01. The topological polar surface area (TPSA) is 44.1 Å². The summed E-state index contributed by atoms with van der Waals surface area (Å²) in [6.07, 6.45) is 4.68. The lowest BCUT2D eigenvalue weighted by molar-refractivity contribution is 0.0934. The van der Waals surface area contributed by atoms with Crippen LogP contribution in [0.25, 0.3) is 0 Å². The van der Waals surface area contributed by atoms with Crippen molar-refractivity contribution >= 4 is 5.78 Å². The first-order chi connectivity index (χ1) is 6.75. The molecule has 0 aliphatic heterocycles. The molecule has 1 rings (SSSR count). The molecule has 0 saturated carbocycles. The first-order valence-corrected chi connectivity index (χ1v) is 4.84. The van der Waals surface area contributed by atoms with Gasteiger partial charge in [-0.15, -0.1) is 0 Å². The number of carbonyl (C=O) groups is 1. The summed E-state index contributed by atoms with van der Waals surface area (Å²) in [5.74, 6) is 0.610. The monoisotopic (exact) mass is 196 g/mol. The third-order valence-corrected chi connectivity index (χ3v) is 1.97. The molecule has 1 aromatic heterocycles. The predicted octanol–water partition coefficient (Wildman–Crippen LogP) is 1.42. The third kappa shape index (κ3) is 2.96. The molecule has 0 atom stereocenters. The van der Waals surface area contributed by atoms with E-state index in [1.165, 1.54) is 0 Å². The lowest BCUT2D eigenvalue weighted by atomic mass is 10.2. The Morgan fingerprint density at radius 2 is 2.43 bits per heavy atom. The van der Waals surface area contributed by atoms with Gasteiger partial charge in [0.15, 0.2) is 11.6 Å². The highest BCUT2D eigenvalue weighted by atomic mass is 16.5. The van der Waals surface area contributed by atoms with E-state index in [0.717, 1.165) is 6.42 Å². The Morgan fingerprint density at radius 3 is 3.00 bits per heavy atom. The fourth-order valence-corrected chi connectivity index (χ4v) is 1.23. The van der Waals surface area contributed by atoms with Crippen LogP contribution in [0.15, 0.2) is 12.4 Å². The first-order valence-electron chi connectivity index (χ1n) is 4.84. The molecule has 0 unspecified atom stereocenters. The quantitative estimate of drug-likeness (QED) is 0.510. The van der Waals surface area contributed by atoms with Gasteiger partial charge in [-0.25, -0.2) is 4.98 Å². The molecular formula is C10H16N2O2. The second kappa shape index (κ2) is 5.54. The molecule has 0 amide bonds. The normalized spacial score (nSPS) is 10.4. The van der Waals surface area contributed by atoms with E-state index < -0.39 is 0 Å². The molecule has 0 radical (unpaired) electrons. The summed E-state index contributed by atoms with van der Waals surface area (Å²) in [4.78, 5) is 15.5. The summed E-state index contributed by atoms with van der Waals surface area (Å²) in [5.41, 5.74) is 0. The molecular weight excluding hydrogens is 180 g/mol. The van der Waals surface area contributed by atoms with Gasteiger partial charge in [0, 0.05) is 39.1 Å². The molecule has 0 spiro atoms. The van der Waals surface area contributed by atoms with Gasteiger partial charge in [-0.1, -0.05) is 0 Å². The van der Waals surface area contributed by atoms with Gasteiger partial charge < -0.3 is 9.30 Å². The number of Topliss-reactive ketones (excluding diaryl/α,β-unsaturated/α-hetero) is 1. The minimum Gasteiger partial charge on any atom is -0.382 e. The number of hydrogen-bond acceptors (Lipinski definition) is 3. The number of rotatable bonds is 6. The number of hydrogen-bond donors (Lipinski definition) is 0. The Kier molecular flexibility index (Phi) is 4.32. The van der Waals surface area contributed by atoms with Crippen molar-refractivity contribution in [2.45, 2.75) is 19.8 Å². The number of aromatic nitrogens is 2. The van der Waals surface area contributed by atoms with Crippen LogP contribution in [0, 0.1) is 0 Å². The van der Waals surface area contributed by atoms with Gasteiger partial charge in [0.2, 0.25) is 0 Å². The van der Waals surface area contributed by atoms with Gasteiger partial charge in [0.05, 0.1) is 0 Å². The maximum atomic E-state index is 11.6. The van der Waals surface area contributed by atoms with E-state index in [-0.39, 0.29) is 5.78 Å². The SMILES string of the molecule is CCOCCCC(=O)c1nccn1C. The highest BCUT2D eigenvalue weighted by Gasteiger charge is 2.09. The van der Waals surface area contributed by atoms with Gasteiger partial charge in [-0.2, -0.15) is 0 Å². The largest absolute Gasteiger partial charge is 0.382 e. The molecule has 78 valence electrons. The van der Waals surface area contributed by atoms with Crippen molar-refractivity contribution < 1.29 is 9.53 Å². The van der Waals surface area contributed by atoms with Crippen LogP contribution in [0.5, 0.6) is 0 Å². The van der Waals surface area contributed by atoms with E-state index in [9.17, 15) is 4.79 Å². The predicted molar refractivity (Wildman–Crippen MR) is 53.3 cm³/mol. The minimum atomic E-state index is 0.0807. The summed E-state index contributed by atoms with van der Waals surface area (Å²) in [6.45, 7) is 3.30. The average molecular weight is 196 g/mol. The number of imidazole rings is 1. The number of ether oxygens (including phenoxy) is 1. The highest BCUT2D eigenvalue weighted by molar-refractivity contribution is 5.92. The number of nitrogens with zero attached hydrogens (tertiary/aromatic N) is 2. The molecule has 1 aromatic rings. The zero-order chi connectivity index (χ0) is 10.4. The second-order valence-corrected chi connectivity index (χ2v) is 3.09. The Labute approximate surface area is 83.9 Å². The lowest BCUT2D eigenvalue weighted by Crippen LogP contribution is -2.08. The maximum Gasteiger partial charge on any atom is 0.198 e. The van der Waals surface area contributed by atoms with E-state index in [0.29, 0.717) is 25.5 Å². The fourth-order valence-electron chi connectivity index (χ4n) is 1.23. The van der Waals surface area contributed by atoms with Crippen LogP contribution >= 0.6 is 0 Å². The van der Waals surface area contributed by atoms with Crippen LogP contribution in [-0.2, 0) is 11.8 Å². The Balaban J connectivity index is 2.32. The van der Waals surface area contributed by atoms with Gasteiger partial charge in [-0.05, 0) is 13.3 Å². The van der Waals surface area contributed by atoms with E-state index in [1.807, 2.05) is 14.0 Å². The van der Waals surface area contributed by atoms with Gasteiger partial charge in [0.25, 0.3) is 0 Å². The molecule has 0 saturated heterocycles. The zero-order valence-electron chi connectivity index (χ0n) is 8.69. The van der Waals surface area contributed by atoms with Crippen molar-refractivity contribution in [3.8, 4) is 0 Å². The summed E-state index contributed by atoms with van der Waals surface area (Å²) in [5, 5.41) is 0. The molecule has 4 heteroatoms. The Hall–Kier alpha value is -1.16. The standard InChI is InChI=1S/C10H16N2O2/c1-3-14-8-4-5-9(13)10-11-6-7-12(10)2/h6-7H,3-5,8H2,1-2H3. The third-order valence-electron chi connectivity index (χ3n) is 1.97. The van der Waals surface area contributed by atoms with E-state index in [4.69, 9.17) is 4.74 Å². The van der Waals surface area contributed by atoms with E-state index in [2.05, 4.69) is 4.98 Å². The highest BCUT2D eigenvalue weighted by Crippen LogP contribution is 2.02. The van der Waals surface area contributed by atoms with Crippen molar-refractivity contribution in [3.05, 3.63) is 18.2 Å². The van der Waals surface area contributed by atoms with Crippen LogP contribution in [0.3, 0.4) is 0 Å². The molecule has 4 nitrogen and oxygen atoms in total. The van der Waals surface area contributed by atoms with Crippen molar-refractivity contribution in [1.29, 1.82) is 0 Å². The van der Waals surface area contributed by atoms with Crippen LogP contribution in [0.2, 0.25) is 0 Å². The number of ketones is 1. The van der Waals surface area contributed by atoms with Gasteiger partial charge >= 0.3 is 0 Å². The second-order valence-electron chi connectivity index (χ2n) is 3.09. The van der Waals surface area contributed by atoms with E-state index in [1.54, 1.807) is 17.0 Å². The Bertz CT molecular complexity index is 294. The summed E-state index contributed by atoms with van der Waals surface area (Å²) < 4.78 is 6.89. The summed E-state index contributed by atoms with van der Waals surface area (Å²) >= 11 is 0. The average Bonchev–Trinajstić information content (AvgIpc) is 2.59. The van der Waals surface area contributed by atoms with Gasteiger partial charge in [0.1, 0.15) is 0 Å². The number of carbonyl (C=O) groups excluding carboxylic acids is 1. The smallest absolute Gasteiger partial charge is 0.198 e. The fraction of sp³-hybridized carbons (Fsp3) is 0.600. The van der Waals surface area contributed by atoms with Crippen molar-refractivity contribution in [1.82, 2.24) is 9.55 Å². The molecule has 0 aliphatic rings. The number of aryl methyl sites for hydroxylation is 1.